The summed E-state index contributed by atoms with van der Waals surface area (Å²) in [6, 6.07) is 12.9. The molecule has 27 heavy (non-hydrogen) atoms. The maximum atomic E-state index is 12.4. The van der Waals surface area contributed by atoms with E-state index in [0.29, 0.717) is 36.8 Å². The van der Waals surface area contributed by atoms with Gasteiger partial charge in [0.25, 0.3) is 5.91 Å². The van der Waals surface area contributed by atoms with Gasteiger partial charge in [0.15, 0.2) is 11.5 Å². The highest BCUT2D eigenvalue weighted by molar-refractivity contribution is 5.94. The summed E-state index contributed by atoms with van der Waals surface area (Å²) in [4.78, 5) is 12.4. The van der Waals surface area contributed by atoms with Gasteiger partial charge >= 0.3 is 0 Å². The van der Waals surface area contributed by atoms with E-state index >= 15 is 0 Å². The molecular formula is C22H29NO4. The number of unbranched alkanes of at least 4 members (excludes halogenated alkanes) is 1. The summed E-state index contributed by atoms with van der Waals surface area (Å²) in [6.07, 6.45) is 3.01. The number of amides is 1. The van der Waals surface area contributed by atoms with E-state index < -0.39 is 0 Å². The second-order valence-corrected chi connectivity index (χ2v) is 6.25. The smallest absolute Gasteiger partial charge is 0.251 e. The number of hydrogen-bond donors (Lipinski definition) is 1. The second-order valence-electron chi connectivity index (χ2n) is 6.25. The Balaban J connectivity index is 1.96. The van der Waals surface area contributed by atoms with Gasteiger partial charge in [-0.25, -0.2) is 0 Å². The van der Waals surface area contributed by atoms with Gasteiger partial charge in [0.1, 0.15) is 5.75 Å². The largest absolute Gasteiger partial charge is 0.494 e. The minimum Gasteiger partial charge on any atom is -0.494 e. The molecule has 0 radical (unpaired) electrons. The molecule has 0 atom stereocenters. The van der Waals surface area contributed by atoms with Gasteiger partial charge in [-0.2, -0.15) is 0 Å². The van der Waals surface area contributed by atoms with Crippen LogP contribution in [0.2, 0.25) is 0 Å². The predicted octanol–water partition coefficient (Wildman–Crippen LogP) is 4.59. The Morgan fingerprint density at radius 3 is 2.56 bits per heavy atom. The van der Waals surface area contributed by atoms with Crippen LogP contribution >= 0.6 is 0 Å². The summed E-state index contributed by atoms with van der Waals surface area (Å²) in [5, 5.41) is 2.93. The van der Waals surface area contributed by atoms with Crippen molar-refractivity contribution in [3.63, 3.8) is 0 Å². The van der Waals surface area contributed by atoms with E-state index in [4.69, 9.17) is 14.2 Å². The average molecular weight is 371 g/mol. The van der Waals surface area contributed by atoms with E-state index in [1.807, 2.05) is 37.3 Å². The number of carbonyl (C=O) groups is 1. The van der Waals surface area contributed by atoms with Crippen LogP contribution in [0.15, 0.2) is 42.5 Å². The first-order valence-corrected chi connectivity index (χ1v) is 9.48. The third-order valence-electron chi connectivity index (χ3n) is 4.01. The Labute approximate surface area is 161 Å². The molecule has 0 unspecified atom stereocenters. The van der Waals surface area contributed by atoms with Crippen molar-refractivity contribution in [2.24, 2.45) is 0 Å². The number of benzene rings is 2. The van der Waals surface area contributed by atoms with Crippen LogP contribution in [0.25, 0.3) is 0 Å². The Kier molecular flexibility index (Phi) is 8.49. The van der Waals surface area contributed by atoms with Crippen LogP contribution in [-0.4, -0.2) is 26.2 Å². The van der Waals surface area contributed by atoms with Crippen molar-refractivity contribution < 1.29 is 19.0 Å². The maximum absolute atomic E-state index is 12.4. The van der Waals surface area contributed by atoms with Gasteiger partial charge in [-0.15, -0.1) is 0 Å². The molecule has 1 N–H and O–H groups in total. The van der Waals surface area contributed by atoms with Crippen LogP contribution < -0.4 is 19.5 Å². The Hall–Kier alpha value is -2.69. The molecule has 0 fully saturated rings. The monoisotopic (exact) mass is 371 g/mol. The topological polar surface area (TPSA) is 56.8 Å². The van der Waals surface area contributed by atoms with Gasteiger partial charge in [0.05, 0.1) is 20.3 Å². The third-order valence-corrected chi connectivity index (χ3v) is 4.01. The molecule has 0 aromatic heterocycles. The van der Waals surface area contributed by atoms with E-state index in [9.17, 15) is 4.79 Å². The Bertz CT molecular complexity index is 730. The lowest BCUT2D eigenvalue weighted by molar-refractivity contribution is 0.0950. The number of carbonyl (C=O) groups excluding carboxylic acids is 1. The summed E-state index contributed by atoms with van der Waals surface area (Å²) in [6.45, 7) is 5.88. The van der Waals surface area contributed by atoms with Crippen molar-refractivity contribution >= 4 is 5.91 Å². The predicted molar refractivity (Wildman–Crippen MR) is 107 cm³/mol. The molecule has 0 aliphatic heterocycles. The average Bonchev–Trinajstić information content (AvgIpc) is 2.71. The lowest BCUT2D eigenvalue weighted by Crippen LogP contribution is -2.22. The van der Waals surface area contributed by atoms with E-state index in [0.717, 1.165) is 30.6 Å². The van der Waals surface area contributed by atoms with Crippen molar-refractivity contribution in [3.05, 3.63) is 53.6 Å². The van der Waals surface area contributed by atoms with Crippen molar-refractivity contribution in [2.75, 3.05) is 20.3 Å². The summed E-state index contributed by atoms with van der Waals surface area (Å²) < 4.78 is 16.7. The number of hydrogen-bond acceptors (Lipinski definition) is 4. The van der Waals surface area contributed by atoms with E-state index in [-0.39, 0.29) is 5.91 Å². The van der Waals surface area contributed by atoms with Gasteiger partial charge in [0.2, 0.25) is 0 Å². The molecule has 0 heterocycles. The second kappa shape index (κ2) is 11.1. The molecule has 2 aromatic carbocycles. The Morgan fingerprint density at radius 2 is 1.81 bits per heavy atom. The molecule has 0 aliphatic carbocycles. The lowest BCUT2D eigenvalue weighted by Gasteiger charge is -2.13. The molecule has 2 rings (SSSR count). The molecule has 1 amide bonds. The van der Waals surface area contributed by atoms with E-state index in [1.165, 1.54) is 0 Å². The van der Waals surface area contributed by atoms with Crippen molar-refractivity contribution in [3.8, 4) is 17.2 Å². The zero-order valence-electron chi connectivity index (χ0n) is 16.4. The van der Waals surface area contributed by atoms with Crippen molar-refractivity contribution in [1.82, 2.24) is 5.32 Å². The van der Waals surface area contributed by atoms with Gasteiger partial charge in [-0.1, -0.05) is 32.4 Å². The molecule has 0 saturated heterocycles. The van der Waals surface area contributed by atoms with Crippen LogP contribution in [0.3, 0.4) is 0 Å². The van der Waals surface area contributed by atoms with Crippen molar-refractivity contribution in [1.29, 1.82) is 0 Å². The van der Waals surface area contributed by atoms with Gasteiger partial charge in [-0.3, -0.25) is 4.79 Å². The fourth-order valence-corrected chi connectivity index (χ4v) is 2.50. The van der Waals surface area contributed by atoms with Crippen LogP contribution in [0.5, 0.6) is 17.2 Å². The fourth-order valence-electron chi connectivity index (χ4n) is 2.50. The first-order chi connectivity index (χ1) is 13.2. The normalized spacial score (nSPS) is 10.3. The quantitative estimate of drug-likeness (QED) is 0.587. The summed E-state index contributed by atoms with van der Waals surface area (Å²) in [7, 11) is 1.62. The molecule has 0 saturated carbocycles. The molecular weight excluding hydrogens is 342 g/mol. The highest BCUT2D eigenvalue weighted by Gasteiger charge is 2.09. The third kappa shape index (κ3) is 6.51. The van der Waals surface area contributed by atoms with Crippen LogP contribution in [-0.2, 0) is 6.54 Å². The fraction of sp³-hybridized carbons (Fsp3) is 0.409. The molecule has 5 nitrogen and oxygen atoms in total. The molecule has 5 heteroatoms. The Morgan fingerprint density at radius 1 is 0.963 bits per heavy atom. The van der Waals surface area contributed by atoms with Gasteiger partial charge < -0.3 is 19.5 Å². The lowest BCUT2D eigenvalue weighted by atomic mass is 10.1. The SMILES string of the molecule is CCCCOc1ccc(CNC(=O)c2cccc(OCCC)c2)cc1OC. The molecule has 146 valence electrons. The molecule has 2 aromatic rings. The minimum atomic E-state index is -0.140. The number of methoxy groups -OCH3 is 1. The van der Waals surface area contributed by atoms with E-state index in [1.54, 1.807) is 19.2 Å². The molecule has 0 bridgehead atoms. The highest BCUT2D eigenvalue weighted by Crippen LogP contribution is 2.28. The van der Waals surface area contributed by atoms with E-state index in [2.05, 4.69) is 12.2 Å². The maximum Gasteiger partial charge on any atom is 0.251 e. The standard InChI is InChI=1S/C22H29NO4/c1-4-6-13-27-20-11-10-17(14-21(20)25-3)16-23-22(24)18-8-7-9-19(15-18)26-12-5-2/h7-11,14-15H,4-6,12-13,16H2,1-3H3,(H,23,24). The zero-order valence-corrected chi connectivity index (χ0v) is 16.4. The number of rotatable bonds is 11. The summed E-state index contributed by atoms with van der Waals surface area (Å²) in [5.74, 6) is 1.97. The molecule has 0 spiro atoms. The van der Waals surface area contributed by atoms with Crippen LogP contribution in [0.1, 0.15) is 49.0 Å². The number of nitrogens with one attached hydrogen (secondary N) is 1. The van der Waals surface area contributed by atoms with Crippen molar-refractivity contribution in [2.45, 2.75) is 39.7 Å². The summed E-state index contributed by atoms with van der Waals surface area (Å²) in [5.41, 5.74) is 1.52. The number of ether oxygens (including phenoxy) is 3. The van der Waals surface area contributed by atoms with Crippen LogP contribution in [0.4, 0.5) is 0 Å². The highest BCUT2D eigenvalue weighted by atomic mass is 16.5. The molecule has 0 aliphatic rings. The summed E-state index contributed by atoms with van der Waals surface area (Å²) >= 11 is 0. The first kappa shape index (κ1) is 20.6. The van der Waals surface area contributed by atoms with Gasteiger partial charge in [-0.05, 0) is 48.7 Å². The minimum absolute atomic E-state index is 0.140. The first-order valence-electron chi connectivity index (χ1n) is 9.48. The van der Waals surface area contributed by atoms with Crippen LogP contribution in [0, 0.1) is 0 Å². The van der Waals surface area contributed by atoms with Gasteiger partial charge in [0, 0.05) is 12.1 Å². The zero-order chi connectivity index (χ0) is 19.5.